The molecular formula is C40H45N7O8S2. The van der Waals surface area contributed by atoms with Gasteiger partial charge in [0.1, 0.15) is 39.8 Å². The monoisotopic (exact) mass is 815 g/mol. The van der Waals surface area contributed by atoms with Crippen molar-refractivity contribution in [3.63, 3.8) is 0 Å². The zero-order chi connectivity index (χ0) is 40.5. The average Bonchev–Trinajstić information content (AvgIpc) is 3.44. The molecule has 15 nitrogen and oxygen atoms in total. The van der Waals surface area contributed by atoms with E-state index in [9.17, 15) is 27.6 Å². The van der Waals surface area contributed by atoms with Crippen LogP contribution < -0.4 is 30.1 Å². The molecule has 1 saturated heterocycles. The number of nitrogens with zero attached hydrogens (tertiary/aromatic N) is 3. The summed E-state index contributed by atoms with van der Waals surface area (Å²) in [5, 5.41) is 12.2. The van der Waals surface area contributed by atoms with Crippen molar-refractivity contribution in [3.8, 4) is 22.9 Å². The van der Waals surface area contributed by atoms with Crippen LogP contribution in [0.5, 0.6) is 11.5 Å². The number of methoxy groups -OCH3 is 1. The number of thiazole rings is 1. The molecule has 2 aliphatic heterocycles. The first kappa shape index (κ1) is 39.7. The van der Waals surface area contributed by atoms with Crippen LogP contribution in [0, 0.1) is 5.92 Å². The van der Waals surface area contributed by atoms with Crippen molar-refractivity contribution < 1.29 is 37.1 Å². The SMILES string of the molecule is COc1ccc2c(O[C@@H]3C[C@@H](C(=O)N[C@]45C[C@H]4/C=C\CCCCC(=O)Nc4ccccc4S(=O)(=O)NC5=O)N(C(C)=O)C3)cc(-c3csc(NC(C)C)n3)nc2c1. The highest BCUT2D eigenvalue weighted by Gasteiger charge is 2.61. The van der Waals surface area contributed by atoms with Crippen molar-refractivity contribution >= 4 is 66.7 Å². The first-order valence-corrected chi connectivity index (χ1v) is 21.2. The Morgan fingerprint density at radius 1 is 1.07 bits per heavy atom. The zero-order valence-electron chi connectivity index (χ0n) is 32.0. The van der Waals surface area contributed by atoms with Crippen molar-refractivity contribution in [1.82, 2.24) is 24.9 Å². The lowest BCUT2D eigenvalue weighted by molar-refractivity contribution is -0.138. The van der Waals surface area contributed by atoms with Crippen LogP contribution in [0.15, 0.2) is 71.0 Å². The lowest BCUT2D eigenvalue weighted by Gasteiger charge is -2.25. The molecule has 300 valence electrons. The number of benzene rings is 2. The third-order valence-corrected chi connectivity index (χ3v) is 12.4. The smallest absolute Gasteiger partial charge is 0.266 e. The molecule has 57 heavy (non-hydrogen) atoms. The summed E-state index contributed by atoms with van der Waals surface area (Å²) in [5.41, 5.74) is 0.268. The van der Waals surface area contributed by atoms with E-state index in [1.807, 2.05) is 31.4 Å². The van der Waals surface area contributed by atoms with Gasteiger partial charge in [-0.05, 0) is 63.8 Å². The van der Waals surface area contributed by atoms with Gasteiger partial charge < -0.3 is 30.3 Å². The van der Waals surface area contributed by atoms with Gasteiger partial charge in [-0.1, -0.05) is 24.3 Å². The van der Waals surface area contributed by atoms with Crippen LogP contribution in [0.4, 0.5) is 10.8 Å². The molecule has 2 aromatic heterocycles. The van der Waals surface area contributed by atoms with E-state index in [0.717, 1.165) is 5.13 Å². The van der Waals surface area contributed by atoms with Gasteiger partial charge in [0.15, 0.2) is 5.13 Å². The normalized spacial score (nSPS) is 23.9. The second-order valence-electron chi connectivity index (χ2n) is 14.8. The Kier molecular flexibility index (Phi) is 11.2. The predicted octanol–water partition coefficient (Wildman–Crippen LogP) is 5.00. The summed E-state index contributed by atoms with van der Waals surface area (Å²) in [6.45, 7) is 5.50. The summed E-state index contributed by atoms with van der Waals surface area (Å²) in [5.74, 6) is -1.65. The third kappa shape index (κ3) is 8.59. The molecule has 7 rings (SSSR count). The Balaban J connectivity index is 1.15. The Morgan fingerprint density at radius 2 is 1.88 bits per heavy atom. The number of anilines is 2. The fourth-order valence-electron chi connectivity index (χ4n) is 7.27. The number of nitrogens with one attached hydrogen (secondary N) is 4. The minimum Gasteiger partial charge on any atom is -0.497 e. The maximum atomic E-state index is 14.2. The minimum absolute atomic E-state index is 0.0445. The van der Waals surface area contributed by atoms with Crippen molar-refractivity contribution in [2.45, 2.75) is 87.9 Å². The number of allylic oxidation sites excluding steroid dienone is 1. The number of carbonyl (C=O) groups is 4. The van der Waals surface area contributed by atoms with E-state index in [0.29, 0.717) is 53.1 Å². The van der Waals surface area contributed by atoms with Crippen LogP contribution in [0.1, 0.15) is 59.3 Å². The van der Waals surface area contributed by atoms with Gasteiger partial charge in [-0.25, -0.2) is 23.1 Å². The van der Waals surface area contributed by atoms with E-state index in [1.54, 1.807) is 37.5 Å². The number of rotatable bonds is 8. The lowest BCUT2D eigenvalue weighted by atomic mass is 10.1. The summed E-state index contributed by atoms with van der Waals surface area (Å²) in [4.78, 5) is 64.5. The van der Waals surface area contributed by atoms with Gasteiger partial charge in [-0.2, -0.15) is 0 Å². The lowest BCUT2D eigenvalue weighted by Crippen LogP contribution is -2.56. The highest BCUT2D eigenvalue weighted by molar-refractivity contribution is 7.90. The van der Waals surface area contributed by atoms with Crippen molar-refractivity contribution in [2.24, 2.45) is 5.92 Å². The summed E-state index contributed by atoms with van der Waals surface area (Å²) in [6.07, 6.45) is 5.41. The van der Waals surface area contributed by atoms with E-state index < -0.39 is 45.4 Å². The zero-order valence-corrected chi connectivity index (χ0v) is 33.7. The first-order valence-electron chi connectivity index (χ1n) is 18.9. The maximum Gasteiger partial charge on any atom is 0.266 e. The first-order chi connectivity index (χ1) is 27.3. The average molecular weight is 816 g/mol. The Bertz CT molecular complexity index is 2360. The Hall–Kier alpha value is -5.55. The van der Waals surface area contributed by atoms with Crippen LogP contribution in [-0.2, 0) is 29.2 Å². The number of hydrogen-bond acceptors (Lipinski definition) is 12. The molecule has 4 aromatic rings. The maximum absolute atomic E-state index is 14.2. The number of carbonyl (C=O) groups excluding carboxylic acids is 4. The number of pyridine rings is 1. The van der Waals surface area contributed by atoms with E-state index in [1.165, 1.54) is 41.4 Å². The molecule has 0 unspecified atom stereocenters. The van der Waals surface area contributed by atoms with Crippen molar-refractivity contribution in [1.29, 1.82) is 0 Å². The fourth-order valence-corrected chi connectivity index (χ4v) is 9.33. The molecule has 4 heterocycles. The van der Waals surface area contributed by atoms with E-state index in [2.05, 4.69) is 20.7 Å². The van der Waals surface area contributed by atoms with Gasteiger partial charge in [0.2, 0.25) is 17.7 Å². The van der Waals surface area contributed by atoms with Crippen LogP contribution in [0.2, 0.25) is 0 Å². The van der Waals surface area contributed by atoms with Crippen LogP contribution in [0.3, 0.4) is 0 Å². The Morgan fingerprint density at radius 3 is 2.65 bits per heavy atom. The van der Waals surface area contributed by atoms with Gasteiger partial charge in [0, 0.05) is 54.6 Å². The highest BCUT2D eigenvalue weighted by atomic mass is 32.2. The topological polar surface area (TPSA) is 198 Å². The molecule has 2 aromatic carbocycles. The summed E-state index contributed by atoms with van der Waals surface area (Å²) >= 11 is 1.46. The second kappa shape index (κ2) is 16.1. The molecule has 2 fully saturated rings. The molecule has 4 N–H and O–H groups in total. The van der Waals surface area contributed by atoms with Gasteiger partial charge in [0.25, 0.3) is 15.9 Å². The molecule has 3 aliphatic rings. The summed E-state index contributed by atoms with van der Waals surface area (Å²) in [7, 11) is -2.91. The highest BCUT2D eigenvalue weighted by Crippen LogP contribution is 2.46. The molecule has 4 amide bonds. The van der Waals surface area contributed by atoms with Gasteiger partial charge in [0.05, 0.1) is 30.6 Å². The van der Waals surface area contributed by atoms with Crippen LogP contribution in [0.25, 0.3) is 22.3 Å². The van der Waals surface area contributed by atoms with Crippen molar-refractivity contribution in [3.05, 3.63) is 66.1 Å². The molecule has 0 radical (unpaired) electrons. The number of sulfonamides is 1. The van der Waals surface area contributed by atoms with Gasteiger partial charge in [-0.3, -0.25) is 19.2 Å². The molecule has 17 heteroatoms. The number of fused-ring (bicyclic) bond motifs is 3. The molecule has 1 aliphatic carbocycles. The van der Waals surface area contributed by atoms with Crippen LogP contribution >= 0.6 is 11.3 Å². The molecule has 4 atom stereocenters. The Labute approximate surface area is 334 Å². The fraction of sp³-hybridized carbons (Fsp3) is 0.400. The van der Waals surface area contributed by atoms with Gasteiger partial charge in [-0.15, -0.1) is 11.3 Å². The number of aromatic nitrogens is 2. The molecule has 0 bridgehead atoms. The molecule has 0 spiro atoms. The number of likely N-dealkylation sites (tertiary alicyclic amines) is 1. The summed E-state index contributed by atoms with van der Waals surface area (Å²) in [6, 6.07) is 12.2. The largest absolute Gasteiger partial charge is 0.497 e. The third-order valence-electron chi connectivity index (χ3n) is 10.3. The van der Waals surface area contributed by atoms with E-state index in [-0.39, 0.29) is 54.2 Å². The standard InChI is InChI=1S/C40H45N7O8S2/c1-23(2)41-39-44-32(22-56-39)31-19-34(28-16-15-26(54-4)17-30(28)42-31)55-27-18-33(47(21-27)24(3)48)37(50)45-40-20-25(40)11-7-5-6-8-14-36(49)43-29-12-9-10-13-35(29)57(52,53)46-38(40)51/h7,9-13,15-17,19,22-23,25,27,33H,5-6,8,14,18,20-21H2,1-4H3,(H,41,44)(H,43,49)(H,45,50)(H,46,51)/b11-7-/t25-,27-,33+,40-/m1/s1. The number of para-hydroxylation sites is 1. The number of amides is 4. The second-order valence-corrected chi connectivity index (χ2v) is 17.3. The van der Waals surface area contributed by atoms with Crippen LogP contribution in [-0.4, -0.2) is 84.3 Å². The van der Waals surface area contributed by atoms with E-state index in [4.69, 9.17) is 19.4 Å². The number of hydrogen-bond donors (Lipinski definition) is 4. The quantitative estimate of drug-likeness (QED) is 0.175. The summed E-state index contributed by atoms with van der Waals surface area (Å²) < 4.78 is 41.5. The number of ether oxygens (including phenoxy) is 2. The minimum atomic E-state index is -4.48. The van der Waals surface area contributed by atoms with Crippen molar-refractivity contribution in [2.75, 3.05) is 24.3 Å². The predicted molar refractivity (Wildman–Crippen MR) is 215 cm³/mol. The molecule has 1 saturated carbocycles. The van der Waals surface area contributed by atoms with Gasteiger partial charge >= 0.3 is 0 Å². The molecular weight excluding hydrogens is 771 g/mol. The van der Waals surface area contributed by atoms with E-state index >= 15 is 0 Å².